The van der Waals surface area contributed by atoms with Crippen LogP contribution in [-0.4, -0.2) is 15.6 Å². The van der Waals surface area contributed by atoms with Crippen molar-refractivity contribution in [3.63, 3.8) is 0 Å². The van der Waals surface area contributed by atoms with Crippen LogP contribution in [0, 0.1) is 3.57 Å². The summed E-state index contributed by atoms with van der Waals surface area (Å²) in [5.74, 6) is 0.107. The van der Waals surface area contributed by atoms with Gasteiger partial charge in [-0.05, 0) is 59.7 Å². The molecule has 0 saturated carbocycles. The molecule has 3 nitrogen and oxygen atoms in total. The molecule has 0 aliphatic heterocycles. The molecule has 0 aliphatic carbocycles. The summed E-state index contributed by atoms with van der Waals surface area (Å²) in [6.07, 6.45) is 4.43. The molecule has 0 bridgehead atoms. The number of Topliss-reactive ketones (excluding diaryl/α,β-unsaturated/α-hetero) is 1. The van der Waals surface area contributed by atoms with Crippen LogP contribution in [-0.2, 0) is 6.42 Å². The number of aromatic nitrogens is 2. The first kappa shape index (κ1) is 16.7. The van der Waals surface area contributed by atoms with Crippen molar-refractivity contribution in [3.05, 3.63) is 49.8 Å². The number of hydrogen-bond donors (Lipinski definition) is 0. The molecule has 1 heterocycles. The van der Waals surface area contributed by atoms with Crippen molar-refractivity contribution >= 4 is 44.3 Å². The van der Waals surface area contributed by atoms with Crippen LogP contribution in [0.1, 0.15) is 48.8 Å². The Labute approximate surface area is 147 Å². The lowest BCUT2D eigenvalue weighted by Gasteiger charge is -2.12. The Morgan fingerprint density at radius 1 is 1.33 bits per heavy atom. The Kier molecular flexibility index (Phi) is 5.98. The Balaban J connectivity index is 2.15. The van der Waals surface area contributed by atoms with Crippen molar-refractivity contribution in [2.45, 2.75) is 39.2 Å². The average Bonchev–Trinajstić information content (AvgIpc) is 2.91. The number of carbonyl (C=O) groups excluding carboxylic acids is 1. The first-order valence-corrected chi connectivity index (χ1v) is 8.94. The quantitative estimate of drug-likeness (QED) is 0.447. The van der Waals surface area contributed by atoms with Gasteiger partial charge in [0.2, 0.25) is 0 Å². The van der Waals surface area contributed by atoms with Gasteiger partial charge in [-0.1, -0.05) is 29.8 Å². The molecule has 0 unspecified atom stereocenters. The van der Waals surface area contributed by atoms with Gasteiger partial charge in [-0.25, -0.2) is 0 Å². The second kappa shape index (κ2) is 7.54. The number of ketones is 1. The second-order valence-electron chi connectivity index (χ2n) is 4.98. The summed E-state index contributed by atoms with van der Waals surface area (Å²) in [7, 11) is 0. The Morgan fingerprint density at radius 2 is 2.05 bits per heavy atom. The molecule has 0 amide bonds. The van der Waals surface area contributed by atoms with E-state index in [1.165, 1.54) is 0 Å². The van der Waals surface area contributed by atoms with Gasteiger partial charge < -0.3 is 0 Å². The summed E-state index contributed by atoms with van der Waals surface area (Å²) >= 11 is 5.61. The van der Waals surface area contributed by atoms with E-state index < -0.39 is 0 Å². The van der Waals surface area contributed by atoms with Crippen molar-refractivity contribution in [2.24, 2.45) is 0 Å². The number of halogens is 2. The summed E-state index contributed by atoms with van der Waals surface area (Å²) in [6, 6.07) is 8.13. The van der Waals surface area contributed by atoms with E-state index in [0.29, 0.717) is 12.5 Å². The average molecular weight is 461 g/mol. The van der Waals surface area contributed by atoms with E-state index in [4.69, 9.17) is 0 Å². The zero-order valence-corrected chi connectivity index (χ0v) is 15.9. The second-order valence-corrected chi connectivity index (χ2v) is 7.06. The Hall–Kier alpha value is -0.690. The van der Waals surface area contributed by atoms with Crippen LogP contribution in [0.15, 0.2) is 34.9 Å². The highest BCUT2D eigenvalue weighted by molar-refractivity contribution is 14.1. The number of carbonyl (C=O) groups is 1. The van der Waals surface area contributed by atoms with Gasteiger partial charge in [0, 0.05) is 19.8 Å². The van der Waals surface area contributed by atoms with Gasteiger partial charge in [0.25, 0.3) is 0 Å². The fourth-order valence-electron chi connectivity index (χ4n) is 2.31. The smallest absolute Gasteiger partial charge is 0.169 e. The molecule has 1 aromatic carbocycles. The molecule has 0 atom stereocenters. The van der Waals surface area contributed by atoms with E-state index >= 15 is 0 Å². The summed E-state index contributed by atoms with van der Waals surface area (Å²) in [5.41, 5.74) is 1.59. The van der Waals surface area contributed by atoms with Crippen molar-refractivity contribution in [2.75, 3.05) is 0 Å². The third-order valence-corrected chi connectivity index (χ3v) is 4.98. The topological polar surface area (TPSA) is 34.9 Å². The molecule has 0 fully saturated rings. The van der Waals surface area contributed by atoms with E-state index in [2.05, 4.69) is 57.5 Å². The number of hydrogen-bond acceptors (Lipinski definition) is 2. The van der Waals surface area contributed by atoms with E-state index in [-0.39, 0.29) is 5.78 Å². The van der Waals surface area contributed by atoms with Gasteiger partial charge in [0.05, 0.1) is 18.2 Å². The normalized spacial score (nSPS) is 11.1. The van der Waals surface area contributed by atoms with Gasteiger partial charge in [-0.2, -0.15) is 5.10 Å². The van der Waals surface area contributed by atoms with Crippen LogP contribution in [0.4, 0.5) is 0 Å². The first-order valence-electron chi connectivity index (χ1n) is 7.07. The third-order valence-electron chi connectivity index (χ3n) is 3.55. The molecule has 0 radical (unpaired) electrons. The Morgan fingerprint density at radius 3 is 2.71 bits per heavy atom. The van der Waals surface area contributed by atoms with Gasteiger partial charge in [0.15, 0.2) is 5.78 Å². The van der Waals surface area contributed by atoms with Crippen LogP contribution in [0.5, 0.6) is 0 Å². The molecular formula is C16H18BrIN2O. The maximum atomic E-state index is 12.4. The van der Waals surface area contributed by atoms with E-state index in [0.717, 1.165) is 32.1 Å². The summed E-state index contributed by atoms with van der Waals surface area (Å²) in [4.78, 5) is 12.4. The van der Waals surface area contributed by atoms with Crippen LogP contribution in [0.3, 0.4) is 0 Å². The predicted octanol–water partition coefficient (Wildman–Crippen LogP) is 5.04. The highest BCUT2D eigenvalue weighted by Crippen LogP contribution is 2.20. The summed E-state index contributed by atoms with van der Waals surface area (Å²) < 4.78 is 3.88. The zero-order chi connectivity index (χ0) is 15.4. The molecule has 0 spiro atoms. The number of nitrogens with zero attached hydrogens (tertiary/aromatic N) is 2. The zero-order valence-electron chi connectivity index (χ0n) is 12.1. The third kappa shape index (κ3) is 4.16. The molecular weight excluding hydrogens is 443 g/mol. The SMILES string of the molecule is CCC(CC)n1ccc(CC(=O)c2cc(Br)ccc2I)n1. The highest BCUT2D eigenvalue weighted by Gasteiger charge is 2.14. The molecule has 0 N–H and O–H groups in total. The van der Waals surface area contributed by atoms with Gasteiger partial charge >= 0.3 is 0 Å². The molecule has 5 heteroatoms. The van der Waals surface area contributed by atoms with Crippen molar-refractivity contribution in [1.29, 1.82) is 0 Å². The van der Waals surface area contributed by atoms with E-state index in [9.17, 15) is 4.79 Å². The molecule has 112 valence electrons. The minimum Gasteiger partial charge on any atom is -0.294 e. The molecule has 21 heavy (non-hydrogen) atoms. The molecule has 2 aromatic rings. The summed E-state index contributed by atoms with van der Waals surface area (Å²) in [6.45, 7) is 4.31. The van der Waals surface area contributed by atoms with E-state index in [1.807, 2.05) is 35.1 Å². The van der Waals surface area contributed by atoms with Crippen LogP contribution >= 0.6 is 38.5 Å². The summed E-state index contributed by atoms with van der Waals surface area (Å²) in [5, 5.41) is 4.55. The van der Waals surface area contributed by atoms with Crippen molar-refractivity contribution in [1.82, 2.24) is 9.78 Å². The molecule has 0 saturated heterocycles. The van der Waals surface area contributed by atoms with Gasteiger partial charge in [0.1, 0.15) is 0 Å². The maximum absolute atomic E-state index is 12.4. The fraction of sp³-hybridized carbons (Fsp3) is 0.375. The monoisotopic (exact) mass is 460 g/mol. The standard InChI is InChI=1S/C16H18BrIN2O/c1-3-13(4-2)20-8-7-12(19-20)10-16(21)14-9-11(17)5-6-15(14)18/h5-9,13H,3-4,10H2,1-2H3. The van der Waals surface area contributed by atoms with E-state index in [1.54, 1.807) is 0 Å². The molecule has 0 aliphatic rings. The minimum absolute atomic E-state index is 0.107. The van der Waals surface area contributed by atoms with Crippen LogP contribution < -0.4 is 0 Å². The molecule has 2 rings (SSSR count). The van der Waals surface area contributed by atoms with Gasteiger partial charge in [-0.15, -0.1) is 0 Å². The number of benzene rings is 1. The van der Waals surface area contributed by atoms with Gasteiger partial charge in [-0.3, -0.25) is 9.48 Å². The van der Waals surface area contributed by atoms with Crippen molar-refractivity contribution in [3.8, 4) is 0 Å². The predicted molar refractivity (Wildman–Crippen MR) is 96.7 cm³/mol. The minimum atomic E-state index is 0.107. The highest BCUT2D eigenvalue weighted by atomic mass is 127. The lowest BCUT2D eigenvalue weighted by Crippen LogP contribution is -2.10. The maximum Gasteiger partial charge on any atom is 0.169 e. The Bertz CT molecular complexity index is 635. The number of rotatable bonds is 6. The molecule has 1 aromatic heterocycles. The largest absolute Gasteiger partial charge is 0.294 e. The fourth-order valence-corrected chi connectivity index (χ4v) is 3.31. The first-order chi connectivity index (χ1) is 10.0. The van der Waals surface area contributed by atoms with Crippen molar-refractivity contribution < 1.29 is 4.79 Å². The lowest BCUT2D eigenvalue weighted by atomic mass is 10.1. The lowest BCUT2D eigenvalue weighted by molar-refractivity contribution is 0.0990. The van der Waals surface area contributed by atoms with Crippen LogP contribution in [0.25, 0.3) is 0 Å². The van der Waals surface area contributed by atoms with Crippen LogP contribution in [0.2, 0.25) is 0 Å².